The molecule has 2 nitrogen and oxygen atoms in total. The van der Waals surface area contributed by atoms with Crippen LogP contribution in [0.15, 0.2) is 46.6 Å². The van der Waals surface area contributed by atoms with Gasteiger partial charge in [-0.1, -0.05) is 30.3 Å². The molecule has 0 bridgehead atoms. The van der Waals surface area contributed by atoms with Gasteiger partial charge in [-0.2, -0.15) is 0 Å². The van der Waals surface area contributed by atoms with Crippen molar-refractivity contribution < 1.29 is 4.79 Å². The average Bonchev–Trinajstić information content (AvgIpc) is 2.17. The number of hydrogen-bond acceptors (Lipinski definition) is 2. The van der Waals surface area contributed by atoms with E-state index in [1.165, 1.54) is 0 Å². The van der Waals surface area contributed by atoms with Crippen LogP contribution in [0, 0.1) is 0 Å². The Balaban J connectivity index is 2.30. The first-order chi connectivity index (χ1) is 6.29. The topological polar surface area (TPSA) is 29.4 Å². The molecule has 2 rings (SSSR count). The number of aliphatic imine (C=N–C) groups is 1. The van der Waals surface area contributed by atoms with E-state index in [0.717, 1.165) is 5.57 Å². The maximum atomic E-state index is 11.7. The summed E-state index contributed by atoms with van der Waals surface area (Å²) in [6, 6.07) is 9.20. The number of allylic oxidation sites excluding steroid dienone is 2. The molecule has 1 aromatic carbocycles. The summed E-state index contributed by atoms with van der Waals surface area (Å²) in [5.74, 6) is 0.0144. The molecule has 0 atom stereocenters. The Hall–Kier alpha value is -1.70. The fourth-order valence-electron chi connectivity index (χ4n) is 1.22. The van der Waals surface area contributed by atoms with E-state index in [4.69, 9.17) is 0 Å². The second-order valence-electron chi connectivity index (χ2n) is 2.98. The van der Waals surface area contributed by atoms with Gasteiger partial charge in [0.25, 0.3) is 0 Å². The van der Waals surface area contributed by atoms with Crippen LogP contribution in [0.25, 0.3) is 0 Å². The molecular formula is C11H9NO. The fraction of sp³-hybridized carbons (Fsp3) is 0.0909. The van der Waals surface area contributed by atoms with Gasteiger partial charge in [0, 0.05) is 11.8 Å². The lowest BCUT2D eigenvalue weighted by Gasteiger charge is -2.09. The number of nitrogens with zero attached hydrogens (tertiary/aromatic N) is 1. The third kappa shape index (κ3) is 1.31. The van der Waals surface area contributed by atoms with E-state index < -0.39 is 0 Å². The van der Waals surface area contributed by atoms with E-state index in [0.29, 0.717) is 11.3 Å². The van der Waals surface area contributed by atoms with Crippen molar-refractivity contribution in [1.82, 2.24) is 0 Å². The third-order valence-corrected chi connectivity index (χ3v) is 2.01. The molecule has 0 aromatic heterocycles. The van der Waals surface area contributed by atoms with Gasteiger partial charge < -0.3 is 0 Å². The minimum absolute atomic E-state index is 0.0144. The number of hydrogen-bond donors (Lipinski definition) is 0. The molecule has 2 heteroatoms. The predicted molar refractivity (Wildman–Crippen MR) is 52.0 cm³/mol. The van der Waals surface area contributed by atoms with E-state index >= 15 is 0 Å². The first-order valence-corrected chi connectivity index (χ1v) is 4.14. The number of carbonyl (C=O) groups is 1. The van der Waals surface area contributed by atoms with Crippen molar-refractivity contribution in [3.8, 4) is 0 Å². The normalized spacial score (nSPS) is 14.2. The highest BCUT2D eigenvalue weighted by molar-refractivity contribution is 6.15. The van der Waals surface area contributed by atoms with Gasteiger partial charge in [-0.05, 0) is 12.5 Å². The van der Waals surface area contributed by atoms with Crippen LogP contribution in [0.5, 0.6) is 0 Å². The summed E-state index contributed by atoms with van der Waals surface area (Å²) in [5, 5.41) is 0. The molecule has 0 spiro atoms. The lowest BCUT2D eigenvalue weighted by Crippen LogP contribution is -2.10. The van der Waals surface area contributed by atoms with Crippen LogP contribution in [0.3, 0.4) is 0 Å². The number of ketones is 1. The van der Waals surface area contributed by atoms with Crippen LogP contribution in [0.1, 0.15) is 17.3 Å². The van der Waals surface area contributed by atoms with Gasteiger partial charge in [0.15, 0.2) is 0 Å². The molecule has 1 heterocycles. The molecule has 64 valence electrons. The second-order valence-corrected chi connectivity index (χ2v) is 2.98. The minimum atomic E-state index is 0.0144. The van der Waals surface area contributed by atoms with Crippen LogP contribution in [-0.2, 0) is 0 Å². The van der Waals surface area contributed by atoms with Crippen LogP contribution in [0.4, 0.5) is 0 Å². The first kappa shape index (κ1) is 7.92. The zero-order valence-electron chi connectivity index (χ0n) is 7.32. The first-order valence-electron chi connectivity index (χ1n) is 4.14. The second kappa shape index (κ2) is 2.98. The van der Waals surface area contributed by atoms with Crippen molar-refractivity contribution in [1.29, 1.82) is 0 Å². The molecule has 0 aliphatic carbocycles. The van der Waals surface area contributed by atoms with Crippen LogP contribution >= 0.6 is 0 Å². The molecule has 1 aromatic rings. The summed E-state index contributed by atoms with van der Waals surface area (Å²) in [7, 11) is 0. The zero-order valence-corrected chi connectivity index (χ0v) is 7.32. The van der Waals surface area contributed by atoms with Crippen molar-refractivity contribution in [2.45, 2.75) is 6.92 Å². The molecule has 0 unspecified atom stereocenters. The third-order valence-electron chi connectivity index (χ3n) is 2.01. The number of Topliss-reactive ketones (excluding diaryl/α,β-unsaturated/α-hetero) is 1. The quantitative estimate of drug-likeness (QED) is 0.627. The summed E-state index contributed by atoms with van der Waals surface area (Å²) < 4.78 is 0. The van der Waals surface area contributed by atoms with Gasteiger partial charge in [-0.15, -0.1) is 0 Å². The van der Waals surface area contributed by atoms with E-state index in [2.05, 4.69) is 4.99 Å². The standard InChI is InChI=1S/C11H9NO/c1-8-7-12-10(8)11(13)9-5-3-2-4-6-9/h2-7H,1H3. The SMILES string of the molecule is CC1=C(C(=O)c2ccccc2)N=C1. The Morgan fingerprint density at radius 3 is 2.38 bits per heavy atom. The molecule has 13 heavy (non-hydrogen) atoms. The van der Waals surface area contributed by atoms with Crippen molar-refractivity contribution in [2.75, 3.05) is 0 Å². The number of carbonyl (C=O) groups excluding carboxylic acids is 1. The Labute approximate surface area is 76.6 Å². The number of benzene rings is 1. The van der Waals surface area contributed by atoms with E-state index in [-0.39, 0.29) is 5.78 Å². The lowest BCUT2D eigenvalue weighted by atomic mass is 10.0. The molecule has 0 radical (unpaired) electrons. The van der Waals surface area contributed by atoms with Crippen molar-refractivity contribution in [2.24, 2.45) is 4.99 Å². The average molecular weight is 171 g/mol. The molecule has 0 fully saturated rings. The summed E-state index contributed by atoms with van der Waals surface area (Å²) in [4.78, 5) is 15.6. The van der Waals surface area contributed by atoms with E-state index in [1.807, 2.05) is 25.1 Å². The van der Waals surface area contributed by atoms with Gasteiger partial charge in [-0.3, -0.25) is 9.79 Å². The molecule has 0 saturated carbocycles. The molecule has 1 aliphatic heterocycles. The zero-order chi connectivity index (χ0) is 9.26. The van der Waals surface area contributed by atoms with Crippen LogP contribution in [0.2, 0.25) is 0 Å². The largest absolute Gasteiger partial charge is 0.287 e. The summed E-state index contributed by atoms with van der Waals surface area (Å²) >= 11 is 0. The Morgan fingerprint density at radius 2 is 1.92 bits per heavy atom. The van der Waals surface area contributed by atoms with E-state index in [9.17, 15) is 4.79 Å². The van der Waals surface area contributed by atoms with Gasteiger partial charge in [0.2, 0.25) is 5.78 Å². The molecule has 1 aliphatic rings. The monoisotopic (exact) mass is 171 g/mol. The molecule has 0 amide bonds. The minimum Gasteiger partial charge on any atom is -0.287 e. The van der Waals surface area contributed by atoms with Crippen LogP contribution in [-0.4, -0.2) is 12.0 Å². The van der Waals surface area contributed by atoms with Gasteiger partial charge in [0.05, 0.1) is 0 Å². The molecule has 0 saturated heterocycles. The summed E-state index contributed by atoms with van der Waals surface area (Å²) in [5.41, 5.74) is 2.26. The van der Waals surface area contributed by atoms with E-state index in [1.54, 1.807) is 18.3 Å². The predicted octanol–water partition coefficient (Wildman–Crippen LogP) is 2.23. The van der Waals surface area contributed by atoms with Crippen molar-refractivity contribution >= 4 is 12.0 Å². The van der Waals surface area contributed by atoms with Gasteiger partial charge >= 0.3 is 0 Å². The van der Waals surface area contributed by atoms with Crippen LogP contribution < -0.4 is 0 Å². The Morgan fingerprint density at radius 1 is 1.23 bits per heavy atom. The van der Waals surface area contributed by atoms with Gasteiger partial charge in [-0.25, -0.2) is 0 Å². The Kier molecular flexibility index (Phi) is 1.81. The number of rotatable bonds is 2. The fourth-order valence-corrected chi connectivity index (χ4v) is 1.22. The molecular weight excluding hydrogens is 162 g/mol. The Bertz CT molecular complexity index is 401. The van der Waals surface area contributed by atoms with Crippen molar-refractivity contribution in [3.05, 3.63) is 47.2 Å². The maximum absolute atomic E-state index is 11.7. The highest BCUT2D eigenvalue weighted by Crippen LogP contribution is 2.18. The maximum Gasteiger partial charge on any atom is 0.211 e. The molecule has 0 N–H and O–H groups in total. The lowest BCUT2D eigenvalue weighted by molar-refractivity contribution is 0.103. The highest BCUT2D eigenvalue weighted by atomic mass is 16.1. The smallest absolute Gasteiger partial charge is 0.211 e. The highest BCUT2D eigenvalue weighted by Gasteiger charge is 2.17. The summed E-state index contributed by atoms with van der Waals surface area (Å²) in [6.45, 7) is 1.89. The van der Waals surface area contributed by atoms with Gasteiger partial charge in [0.1, 0.15) is 5.70 Å². The summed E-state index contributed by atoms with van der Waals surface area (Å²) in [6.07, 6.45) is 1.70. The van der Waals surface area contributed by atoms with Crippen molar-refractivity contribution in [3.63, 3.8) is 0 Å².